The number of hydrogen-bond donors (Lipinski definition) is 2. The molecule has 0 heterocycles. The second kappa shape index (κ2) is 12.7. The maximum absolute atomic E-state index is 6.00. The van der Waals surface area contributed by atoms with E-state index < -0.39 is 0 Å². The lowest BCUT2D eigenvalue weighted by atomic mass is 9.96. The molecule has 0 aliphatic carbocycles. The van der Waals surface area contributed by atoms with Crippen LogP contribution >= 0.6 is 0 Å². The molecule has 0 atom stereocenters. The van der Waals surface area contributed by atoms with Crippen LogP contribution in [0.25, 0.3) is 0 Å². The number of benzene rings is 2. The van der Waals surface area contributed by atoms with Gasteiger partial charge in [0.15, 0.2) is 0 Å². The molecule has 0 aliphatic heterocycles. The van der Waals surface area contributed by atoms with Crippen molar-refractivity contribution in [1.29, 1.82) is 0 Å². The first-order valence-electron chi connectivity index (χ1n) is 9.62. The fourth-order valence-electron chi connectivity index (χ4n) is 2.55. The first-order chi connectivity index (χ1) is 12.2. The van der Waals surface area contributed by atoms with E-state index in [1.165, 1.54) is 22.3 Å². The Morgan fingerprint density at radius 2 is 0.654 bits per heavy atom. The molecule has 2 rings (SSSR count). The Bertz CT molecular complexity index is 511. The van der Waals surface area contributed by atoms with Crippen molar-refractivity contribution in [3.63, 3.8) is 0 Å². The molecule has 0 aliphatic rings. The summed E-state index contributed by atoms with van der Waals surface area (Å²) in [6.45, 7) is 17.9. The summed E-state index contributed by atoms with van der Waals surface area (Å²) in [6.07, 6.45) is 0. The first-order valence-corrected chi connectivity index (χ1v) is 9.62. The van der Waals surface area contributed by atoms with Gasteiger partial charge in [0.05, 0.1) is 0 Å². The third-order valence-corrected chi connectivity index (χ3v) is 4.49. The highest BCUT2D eigenvalue weighted by atomic mass is 17.0. The Balaban J connectivity index is 0.000000439. The van der Waals surface area contributed by atoms with E-state index in [1.807, 2.05) is 0 Å². The molecule has 0 radical (unpaired) electrons. The van der Waals surface area contributed by atoms with Gasteiger partial charge in [-0.05, 0) is 45.9 Å². The molecule has 0 saturated carbocycles. The van der Waals surface area contributed by atoms with Gasteiger partial charge < -0.3 is 0 Å². The van der Waals surface area contributed by atoms with Crippen LogP contribution in [0.3, 0.4) is 0 Å². The van der Waals surface area contributed by atoms with Gasteiger partial charge in [0.25, 0.3) is 0 Å². The van der Waals surface area contributed by atoms with Gasteiger partial charge in [-0.1, -0.05) is 104 Å². The second-order valence-electron chi connectivity index (χ2n) is 7.96. The third-order valence-electron chi connectivity index (χ3n) is 4.49. The van der Waals surface area contributed by atoms with Crippen molar-refractivity contribution in [3.05, 3.63) is 70.8 Å². The van der Waals surface area contributed by atoms with E-state index in [4.69, 9.17) is 10.5 Å². The number of rotatable bonds is 4. The van der Waals surface area contributed by atoms with Gasteiger partial charge in [-0.25, -0.2) is 0 Å². The summed E-state index contributed by atoms with van der Waals surface area (Å²) >= 11 is 0. The van der Waals surface area contributed by atoms with E-state index >= 15 is 0 Å². The molecule has 2 aromatic carbocycles. The van der Waals surface area contributed by atoms with Crippen molar-refractivity contribution in [3.8, 4) is 0 Å². The van der Waals surface area contributed by atoms with Crippen molar-refractivity contribution < 1.29 is 10.5 Å². The SMILES string of the molecule is CC(C)c1cccc(C(C)C)c1.CC(C)c1cccc(C(C)C)c1.OO. The summed E-state index contributed by atoms with van der Waals surface area (Å²) in [5.74, 6) is 2.57. The number of hydrogen-bond acceptors (Lipinski definition) is 2. The minimum absolute atomic E-state index is 0.642. The fourth-order valence-corrected chi connectivity index (χ4v) is 2.55. The molecule has 0 amide bonds. The lowest BCUT2D eigenvalue weighted by molar-refractivity contribution is -0.176. The molecular formula is C24H38O2. The Morgan fingerprint density at radius 3 is 0.808 bits per heavy atom. The van der Waals surface area contributed by atoms with Crippen LogP contribution in [0.5, 0.6) is 0 Å². The Morgan fingerprint density at radius 1 is 0.462 bits per heavy atom. The van der Waals surface area contributed by atoms with E-state index in [2.05, 4.69) is 104 Å². The molecule has 146 valence electrons. The zero-order valence-electron chi connectivity index (χ0n) is 17.8. The van der Waals surface area contributed by atoms with Crippen LogP contribution < -0.4 is 0 Å². The highest BCUT2D eigenvalue weighted by Gasteiger charge is 2.03. The van der Waals surface area contributed by atoms with Crippen molar-refractivity contribution in [2.75, 3.05) is 0 Å². The lowest BCUT2D eigenvalue weighted by Crippen LogP contribution is -1.91. The van der Waals surface area contributed by atoms with Crippen molar-refractivity contribution in [2.45, 2.75) is 79.1 Å². The van der Waals surface area contributed by atoms with Gasteiger partial charge in [-0.2, -0.15) is 0 Å². The molecule has 2 aromatic rings. The van der Waals surface area contributed by atoms with Gasteiger partial charge in [0.1, 0.15) is 0 Å². The summed E-state index contributed by atoms with van der Waals surface area (Å²) < 4.78 is 0. The zero-order valence-corrected chi connectivity index (χ0v) is 17.8. The van der Waals surface area contributed by atoms with Crippen molar-refractivity contribution >= 4 is 0 Å². The van der Waals surface area contributed by atoms with Crippen LogP contribution in [-0.2, 0) is 0 Å². The van der Waals surface area contributed by atoms with E-state index in [1.54, 1.807) is 0 Å². The molecule has 0 saturated heterocycles. The average Bonchev–Trinajstić information content (AvgIpc) is 2.64. The summed E-state index contributed by atoms with van der Waals surface area (Å²) in [5, 5.41) is 12.0. The highest BCUT2D eigenvalue weighted by Crippen LogP contribution is 2.21. The lowest BCUT2D eigenvalue weighted by Gasteiger charge is -2.09. The fraction of sp³-hybridized carbons (Fsp3) is 0.500. The van der Waals surface area contributed by atoms with Crippen LogP contribution in [0.15, 0.2) is 48.5 Å². The van der Waals surface area contributed by atoms with Gasteiger partial charge >= 0.3 is 0 Å². The molecule has 0 unspecified atom stereocenters. The first kappa shape index (κ1) is 24.4. The van der Waals surface area contributed by atoms with Gasteiger partial charge in [-0.3, -0.25) is 10.5 Å². The Labute approximate surface area is 160 Å². The average molecular weight is 359 g/mol. The van der Waals surface area contributed by atoms with Crippen molar-refractivity contribution in [2.24, 2.45) is 0 Å². The maximum Gasteiger partial charge on any atom is -0.0219 e. The maximum atomic E-state index is 6.00. The molecule has 2 nitrogen and oxygen atoms in total. The molecular weight excluding hydrogens is 320 g/mol. The van der Waals surface area contributed by atoms with Gasteiger partial charge in [0.2, 0.25) is 0 Å². The molecule has 0 fully saturated rings. The minimum Gasteiger partial charge on any atom is -0.255 e. The topological polar surface area (TPSA) is 40.5 Å². The highest BCUT2D eigenvalue weighted by molar-refractivity contribution is 5.28. The van der Waals surface area contributed by atoms with Gasteiger partial charge in [-0.15, -0.1) is 0 Å². The molecule has 0 bridgehead atoms. The molecule has 2 N–H and O–H groups in total. The largest absolute Gasteiger partial charge is 0.255 e. The Kier molecular flexibility index (Phi) is 11.9. The molecule has 0 spiro atoms. The van der Waals surface area contributed by atoms with E-state index in [0.29, 0.717) is 23.7 Å². The van der Waals surface area contributed by atoms with Crippen molar-refractivity contribution in [1.82, 2.24) is 0 Å². The van der Waals surface area contributed by atoms with Crippen LogP contribution in [0, 0.1) is 0 Å². The standard InChI is InChI=1S/2C12H18.H2O2/c2*1-9(2)11-6-5-7-12(8-11)10(3)4;1-2/h2*5-10H,1-4H3;1-2H. The van der Waals surface area contributed by atoms with E-state index in [-0.39, 0.29) is 0 Å². The van der Waals surface area contributed by atoms with Crippen LogP contribution in [0.4, 0.5) is 0 Å². The van der Waals surface area contributed by atoms with Crippen LogP contribution in [0.2, 0.25) is 0 Å². The summed E-state index contributed by atoms with van der Waals surface area (Å²) in [5.41, 5.74) is 5.78. The van der Waals surface area contributed by atoms with Crippen LogP contribution in [-0.4, -0.2) is 10.5 Å². The van der Waals surface area contributed by atoms with E-state index in [9.17, 15) is 0 Å². The summed E-state index contributed by atoms with van der Waals surface area (Å²) in [4.78, 5) is 0. The van der Waals surface area contributed by atoms with Crippen LogP contribution in [0.1, 0.15) is 101 Å². The zero-order chi connectivity index (χ0) is 20.3. The smallest absolute Gasteiger partial charge is 0.0219 e. The normalized spacial score (nSPS) is 10.5. The predicted octanol–water partition coefficient (Wildman–Crippen LogP) is 7.88. The molecule has 0 aromatic heterocycles. The minimum atomic E-state index is 0.642. The summed E-state index contributed by atoms with van der Waals surface area (Å²) in [7, 11) is 0. The Hall–Kier alpha value is -1.64. The second-order valence-corrected chi connectivity index (χ2v) is 7.96. The summed E-state index contributed by atoms with van der Waals surface area (Å²) in [6, 6.07) is 17.8. The van der Waals surface area contributed by atoms with Gasteiger partial charge in [0, 0.05) is 0 Å². The monoisotopic (exact) mass is 358 g/mol. The third kappa shape index (κ3) is 8.64. The molecule has 26 heavy (non-hydrogen) atoms. The quantitative estimate of drug-likeness (QED) is 0.431. The molecule has 2 heteroatoms. The van der Waals surface area contributed by atoms with E-state index in [0.717, 1.165) is 0 Å². The predicted molar refractivity (Wildman–Crippen MR) is 114 cm³/mol.